The summed E-state index contributed by atoms with van der Waals surface area (Å²) >= 11 is 0. The van der Waals surface area contributed by atoms with Crippen LogP contribution in [0, 0.1) is 5.92 Å². The number of aromatic nitrogens is 5. The van der Waals surface area contributed by atoms with E-state index in [2.05, 4.69) is 52.7 Å². The molecule has 4 aromatic rings. The number of piperidine rings is 1. The van der Waals surface area contributed by atoms with E-state index in [-0.39, 0.29) is 11.8 Å². The Kier molecular flexibility index (Phi) is 5.52. The van der Waals surface area contributed by atoms with Crippen LogP contribution >= 0.6 is 0 Å². The first kappa shape index (κ1) is 21.4. The van der Waals surface area contributed by atoms with Crippen LogP contribution in [-0.2, 0) is 11.3 Å². The Balaban J connectivity index is 1.58. The molecule has 1 amide bonds. The summed E-state index contributed by atoms with van der Waals surface area (Å²) in [6, 6.07) is 8.12. The van der Waals surface area contributed by atoms with Crippen molar-refractivity contribution in [2.24, 2.45) is 5.92 Å². The van der Waals surface area contributed by atoms with E-state index in [9.17, 15) is 4.79 Å². The Hall–Kier alpha value is -3.42. The van der Waals surface area contributed by atoms with E-state index in [1.54, 1.807) is 0 Å². The van der Waals surface area contributed by atoms with Gasteiger partial charge in [-0.05, 0) is 43.9 Å². The minimum absolute atomic E-state index is 0.194. The number of anilines is 1. The highest BCUT2D eigenvalue weighted by Gasteiger charge is 2.29. The van der Waals surface area contributed by atoms with Crippen LogP contribution in [0.5, 0.6) is 0 Å². The van der Waals surface area contributed by atoms with Crippen LogP contribution in [0.4, 0.5) is 5.82 Å². The summed E-state index contributed by atoms with van der Waals surface area (Å²) in [5.74, 6) is 2.24. The van der Waals surface area contributed by atoms with Crippen molar-refractivity contribution in [2.75, 3.05) is 18.8 Å². The lowest BCUT2D eigenvalue weighted by molar-refractivity contribution is -0.133. The topological polar surface area (TPSA) is 106 Å². The molecule has 8 nitrogen and oxygen atoms in total. The maximum Gasteiger partial charge on any atom is 0.222 e. The molecule has 0 aliphatic carbocycles. The molecule has 1 aromatic carbocycles. The molecular weight excluding hydrogens is 414 g/mol. The molecule has 0 radical (unpaired) electrons. The Bertz CT molecular complexity index is 1310. The van der Waals surface area contributed by atoms with Crippen LogP contribution in [-0.4, -0.2) is 48.6 Å². The number of fused-ring (bicyclic) bond motifs is 3. The number of nitrogens with zero attached hydrogens (tertiary/aromatic N) is 5. The number of imidazole rings is 1. The second kappa shape index (κ2) is 8.50. The fourth-order valence-corrected chi connectivity index (χ4v) is 5.03. The summed E-state index contributed by atoms with van der Waals surface area (Å²) in [6.07, 6.45) is 4.41. The number of amides is 1. The maximum atomic E-state index is 12.7. The predicted octanol–water partition coefficient (Wildman–Crippen LogP) is 4.33. The van der Waals surface area contributed by atoms with Crippen LogP contribution in [0.1, 0.15) is 51.8 Å². The molecule has 33 heavy (non-hydrogen) atoms. The number of pyridine rings is 1. The zero-order valence-corrected chi connectivity index (χ0v) is 19.5. The van der Waals surface area contributed by atoms with Gasteiger partial charge in [-0.1, -0.05) is 19.9 Å². The molecule has 0 spiro atoms. The highest BCUT2D eigenvalue weighted by Crippen LogP contribution is 2.35. The van der Waals surface area contributed by atoms with Gasteiger partial charge in [-0.25, -0.2) is 9.97 Å². The van der Waals surface area contributed by atoms with Gasteiger partial charge in [0, 0.05) is 49.1 Å². The first-order valence-corrected chi connectivity index (χ1v) is 11.8. The zero-order valence-electron chi connectivity index (χ0n) is 19.5. The molecular formula is C25H31N7O. The van der Waals surface area contributed by atoms with Crippen molar-refractivity contribution >= 4 is 33.7 Å². The number of H-pyrrole nitrogens is 1. The van der Waals surface area contributed by atoms with Gasteiger partial charge in [0.25, 0.3) is 0 Å². The fraction of sp³-hybridized carbons (Fsp3) is 0.440. The van der Waals surface area contributed by atoms with Gasteiger partial charge in [0.1, 0.15) is 11.3 Å². The molecule has 0 unspecified atom stereocenters. The number of likely N-dealkylation sites (tertiary alicyclic amines) is 1. The number of hydrogen-bond acceptors (Lipinski definition) is 5. The van der Waals surface area contributed by atoms with Gasteiger partial charge in [0.05, 0.1) is 16.7 Å². The molecule has 1 aliphatic rings. The Morgan fingerprint density at radius 3 is 2.85 bits per heavy atom. The number of aryl methyl sites for hydroxylation is 1. The van der Waals surface area contributed by atoms with Crippen molar-refractivity contribution in [1.29, 1.82) is 0 Å². The number of carbonyl (C=O) groups is 1. The lowest BCUT2D eigenvalue weighted by Gasteiger charge is -2.33. The van der Waals surface area contributed by atoms with Gasteiger partial charge in [0.2, 0.25) is 5.91 Å². The van der Waals surface area contributed by atoms with E-state index >= 15 is 0 Å². The van der Waals surface area contributed by atoms with Gasteiger partial charge >= 0.3 is 0 Å². The minimum Gasteiger partial charge on any atom is -0.382 e. The summed E-state index contributed by atoms with van der Waals surface area (Å²) in [5, 5.41) is 8.17. The SMILES string of the molecule is CCn1c([C@H]2CCCN(C(=O)CC(C)C)C2)nc2c(N)nc3cc(-c4cc[nH]n4)ccc3c21. The second-order valence-electron chi connectivity index (χ2n) is 9.38. The highest BCUT2D eigenvalue weighted by atomic mass is 16.2. The lowest BCUT2D eigenvalue weighted by Crippen LogP contribution is -2.40. The van der Waals surface area contributed by atoms with Crippen molar-refractivity contribution in [3.05, 3.63) is 36.3 Å². The third kappa shape index (κ3) is 3.83. The summed E-state index contributed by atoms with van der Waals surface area (Å²) in [7, 11) is 0. The number of benzene rings is 1. The normalized spacial score (nSPS) is 16.8. The molecule has 3 N–H and O–H groups in total. The fourth-order valence-electron chi connectivity index (χ4n) is 5.03. The zero-order chi connectivity index (χ0) is 23.1. The molecule has 0 saturated carbocycles. The molecule has 8 heteroatoms. The number of carbonyl (C=O) groups excluding carboxylic acids is 1. The number of nitrogens with one attached hydrogen (secondary N) is 1. The molecule has 4 heterocycles. The monoisotopic (exact) mass is 445 g/mol. The first-order chi connectivity index (χ1) is 16.0. The van der Waals surface area contributed by atoms with E-state index in [1.807, 2.05) is 23.2 Å². The molecule has 1 fully saturated rings. The standard InChI is InChI=1S/C25H31N7O/c1-4-32-23-18-8-7-16(19-9-10-27-30-19)13-20(18)28-24(26)22(23)29-25(32)17-6-5-11-31(14-17)21(33)12-15(2)3/h7-10,13,15,17H,4-6,11-12,14H2,1-3H3,(H2,26,28)(H,27,30)/t17-/m0/s1. The van der Waals surface area contributed by atoms with Crippen molar-refractivity contribution < 1.29 is 4.79 Å². The second-order valence-corrected chi connectivity index (χ2v) is 9.38. The van der Waals surface area contributed by atoms with E-state index in [0.29, 0.717) is 24.7 Å². The Morgan fingerprint density at radius 2 is 2.12 bits per heavy atom. The predicted molar refractivity (Wildman–Crippen MR) is 131 cm³/mol. The molecule has 1 atom stereocenters. The van der Waals surface area contributed by atoms with Crippen LogP contribution in [0.2, 0.25) is 0 Å². The molecule has 1 aliphatic heterocycles. The summed E-state index contributed by atoms with van der Waals surface area (Å²) < 4.78 is 2.27. The Labute approximate surface area is 193 Å². The third-order valence-corrected chi connectivity index (χ3v) is 6.57. The van der Waals surface area contributed by atoms with Crippen molar-refractivity contribution in [1.82, 2.24) is 29.6 Å². The van der Waals surface area contributed by atoms with Crippen LogP contribution in [0.3, 0.4) is 0 Å². The number of rotatable bonds is 5. The molecule has 5 rings (SSSR count). The Morgan fingerprint density at radius 1 is 1.27 bits per heavy atom. The summed E-state index contributed by atoms with van der Waals surface area (Å²) in [5.41, 5.74) is 10.9. The number of hydrogen-bond donors (Lipinski definition) is 2. The average molecular weight is 446 g/mol. The van der Waals surface area contributed by atoms with Gasteiger partial charge in [-0.3, -0.25) is 9.89 Å². The number of nitrogens with two attached hydrogens (primary N) is 1. The van der Waals surface area contributed by atoms with E-state index in [1.165, 1.54) is 0 Å². The number of nitrogen functional groups attached to an aromatic ring is 1. The summed E-state index contributed by atoms with van der Waals surface area (Å²) in [4.78, 5) is 24.4. The van der Waals surface area contributed by atoms with Crippen molar-refractivity contribution in [3.8, 4) is 11.3 Å². The molecule has 1 saturated heterocycles. The molecule has 172 valence electrons. The lowest BCUT2D eigenvalue weighted by atomic mass is 9.96. The van der Waals surface area contributed by atoms with E-state index in [0.717, 1.165) is 64.9 Å². The van der Waals surface area contributed by atoms with Gasteiger partial charge in [0.15, 0.2) is 5.82 Å². The quantitative estimate of drug-likeness (QED) is 0.476. The number of aromatic amines is 1. The van der Waals surface area contributed by atoms with Gasteiger partial charge in [-0.2, -0.15) is 5.10 Å². The minimum atomic E-state index is 0.194. The average Bonchev–Trinajstić information content (AvgIpc) is 3.47. The smallest absolute Gasteiger partial charge is 0.222 e. The molecule has 0 bridgehead atoms. The highest BCUT2D eigenvalue weighted by molar-refractivity contribution is 6.07. The van der Waals surface area contributed by atoms with Gasteiger partial charge < -0.3 is 15.2 Å². The van der Waals surface area contributed by atoms with E-state index < -0.39 is 0 Å². The largest absolute Gasteiger partial charge is 0.382 e. The van der Waals surface area contributed by atoms with Crippen molar-refractivity contribution in [3.63, 3.8) is 0 Å². The third-order valence-electron chi connectivity index (χ3n) is 6.57. The van der Waals surface area contributed by atoms with E-state index in [4.69, 9.17) is 10.7 Å². The van der Waals surface area contributed by atoms with Crippen molar-refractivity contribution in [2.45, 2.75) is 52.5 Å². The first-order valence-electron chi connectivity index (χ1n) is 11.8. The maximum absolute atomic E-state index is 12.7. The molecule has 3 aromatic heterocycles. The van der Waals surface area contributed by atoms with Crippen LogP contribution in [0.25, 0.3) is 33.2 Å². The van der Waals surface area contributed by atoms with Gasteiger partial charge in [-0.15, -0.1) is 0 Å². The van der Waals surface area contributed by atoms with Crippen LogP contribution < -0.4 is 5.73 Å². The summed E-state index contributed by atoms with van der Waals surface area (Å²) in [6.45, 7) is 8.64. The van der Waals surface area contributed by atoms with Crippen LogP contribution in [0.15, 0.2) is 30.5 Å².